The summed E-state index contributed by atoms with van der Waals surface area (Å²) in [7, 11) is 0. The van der Waals surface area contributed by atoms with Crippen LogP contribution in [-0.4, -0.2) is 71.3 Å². The van der Waals surface area contributed by atoms with Gasteiger partial charge >= 0.3 is 6.09 Å². The maximum absolute atomic E-state index is 12.7. The Morgan fingerprint density at radius 2 is 1.90 bits per heavy atom. The van der Waals surface area contributed by atoms with Gasteiger partial charge in [-0.15, -0.1) is 0 Å². The molecule has 2 aliphatic heterocycles. The molecule has 11 nitrogen and oxygen atoms in total. The molecule has 6 heterocycles. The molecule has 1 N–H and O–H groups in total. The van der Waals surface area contributed by atoms with E-state index < -0.39 is 5.60 Å². The van der Waals surface area contributed by atoms with E-state index in [9.17, 15) is 4.79 Å². The van der Waals surface area contributed by atoms with Crippen LogP contribution in [0.25, 0.3) is 16.7 Å². The SMILES string of the molecule is Cc1cc(Nc2ncnc3ccc(N4CC5CC4CN5C(=O)OC(C)(C)C)nc23)ccc1Cc1ccn2ncnc2c1. The first-order valence-corrected chi connectivity index (χ1v) is 14.2. The maximum Gasteiger partial charge on any atom is 0.410 e. The summed E-state index contributed by atoms with van der Waals surface area (Å²) in [6.45, 7) is 9.17. The van der Waals surface area contributed by atoms with Crippen LogP contribution in [0.1, 0.15) is 43.9 Å². The summed E-state index contributed by atoms with van der Waals surface area (Å²) in [5, 5.41) is 7.65. The van der Waals surface area contributed by atoms with Gasteiger partial charge in [0.15, 0.2) is 11.5 Å². The van der Waals surface area contributed by atoms with Crippen molar-refractivity contribution < 1.29 is 9.53 Å². The van der Waals surface area contributed by atoms with Gasteiger partial charge in [0.05, 0.1) is 17.6 Å². The number of nitrogens with one attached hydrogen (secondary N) is 1. The van der Waals surface area contributed by atoms with Crippen LogP contribution in [0.5, 0.6) is 0 Å². The largest absolute Gasteiger partial charge is 0.444 e. The number of anilines is 3. The number of aromatic nitrogens is 6. The van der Waals surface area contributed by atoms with Crippen molar-refractivity contribution in [1.29, 1.82) is 0 Å². The molecule has 2 atom stereocenters. The minimum atomic E-state index is -0.506. The number of likely N-dealkylation sites (tertiary alicyclic amines) is 1. The Hall–Kier alpha value is -4.80. The quantitative estimate of drug-likeness (QED) is 0.319. The highest BCUT2D eigenvalue weighted by molar-refractivity contribution is 5.88. The van der Waals surface area contributed by atoms with Crippen molar-refractivity contribution in [3.63, 3.8) is 0 Å². The van der Waals surface area contributed by atoms with Gasteiger partial charge in [-0.3, -0.25) is 0 Å². The van der Waals surface area contributed by atoms with Gasteiger partial charge in [0.2, 0.25) is 0 Å². The lowest BCUT2D eigenvalue weighted by molar-refractivity contribution is 0.0214. The summed E-state index contributed by atoms with van der Waals surface area (Å²) in [4.78, 5) is 35.1. The first kappa shape index (κ1) is 26.1. The second-order valence-corrected chi connectivity index (χ2v) is 12.1. The van der Waals surface area contributed by atoms with Crippen molar-refractivity contribution >= 4 is 40.1 Å². The van der Waals surface area contributed by atoms with E-state index in [0.717, 1.165) is 42.1 Å². The van der Waals surface area contributed by atoms with Crippen molar-refractivity contribution in [3.8, 4) is 0 Å². The van der Waals surface area contributed by atoms with Crippen LogP contribution in [-0.2, 0) is 11.2 Å². The third-order valence-electron chi connectivity index (χ3n) is 7.98. The smallest absolute Gasteiger partial charge is 0.410 e. The van der Waals surface area contributed by atoms with E-state index in [2.05, 4.69) is 67.5 Å². The van der Waals surface area contributed by atoms with Crippen LogP contribution >= 0.6 is 0 Å². The molecule has 2 saturated heterocycles. The van der Waals surface area contributed by atoms with Crippen molar-refractivity contribution in [2.24, 2.45) is 0 Å². The van der Waals surface area contributed by atoms with Crippen LogP contribution in [0.2, 0.25) is 0 Å². The van der Waals surface area contributed by atoms with E-state index >= 15 is 0 Å². The summed E-state index contributed by atoms with van der Waals surface area (Å²) in [6, 6.07) is 14.8. The molecule has 42 heavy (non-hydrogen) atoms. The minimum absolute atomic E-state index is 0.117. The van der Waals surface area contributed by atoms with E-state index in [1.807, 2.05) is 44.0 Å². The number of piperazine rings is 1. The number of nitrogens with zero attached hydrogens (tertiary/aromatic N) is 8. The van der Waals surface area contributed by atoms with Gasteiger partial charge < -0.3 is 19.9 Å². The summed E-state index contributed by atoms with van der Waals surface area (Å²) >= 11 is 0. The fraction of sp³-hybridized carbons (Fsp3) is 0.355. The van der Waals surface area contributed by atoms with Gasteiger partial charge in [0, 0.05) is 25.0 Å². The van der Waals surface area contributed by atoms with Crippen LogP contribution in [0.15, 0.2) is 61.3 Å². The number of carbonyl (C=O) groups is 1. The lowest BCUT2D eigenvalue weighted by atomic mass is 10.0. The standard InChI is InChI=1S/C31H33N9O2/c1-19-11-22(6-5-21(19)12-20-9-10-40-27(13-20)33-18-35-40)36-29-28-25(32-17-34-29)7-8-26(37-28)38-15-24-14-23(38)16-39(24)30(41)42-31(2,3)4/h5-11,13,17-18,23-24H,12,14-16H2,1-4H3,(H,32,34,36). The number of amides is 1. The number of carbonyl (C=O) groups excluding carboxylic acids is 1. The summed E-state index contributed by atoms with van der Waals surface area (Å²) in [5.41, 5.74) is 6.35. The van der Waals surface area contributed by atoms with Gasteiger partial charge in [-0.05, 0) is 93.6 Å². The molecule has 1 amide bonds. The highest BCUT2D eigenvalue weighted by Gasteiger charge is 2.47. The van der Waals surface area contributed by atoms with E-state index in [1.54, 1.807) is 17.2 Å². The van der Waals surface area contributed by atoms with Gasteiger partial charge in [0.1, 0.15) is 29.6 Å². The van der Waals surface area contributed by atoms with E-state index in [1.165, 1.54) is 16.7 Å². The Morgan fingerprint density at radius 3 is 2.69 bits per heavy atom. The van der Waals surface area contributed by atoms with Gasteiger partial charge in [-0.25, -0.2) is 29.2 Å². The number of ether oxygens (including phenoxy) is 1. The van der Waals surface area contributed by atoms with E-state index in [-0.39, 0.29) is 18.2 Å². The molecule has 214 valence electrons. The normalized spacial score (nSPS) is 18.3. The van der Waals surface area contributed by atoms with Gasteiger partial charge in [-0.1, -0.05) is 6.07 Å². The predicted molar refractivity (Wildman–Crippen MR) is 160 cm³/mol. The molecular formula is C31H33N9O2. The van der Waals surface area contributed by atoms with E-state index in [0.29, 0.717) is 17.9 Å². The maximum atomic E-state index is 12.7. The van der Waals surface area contributed by atoms with Crippen molar-refractivity contribution in [3.05, 3.63) is 78.0 Å². The molecule has 11 heteroatoms. The minimum Gasteiger partial charge on any atom is -0.444 e. The molecule has 0 radical (unpaired) electrons. The molecule has 7 rings (SSSR count). The fourth-order valence-electron chi connectivity index (χ4n) is 5.97. The Kier molecular flexibility index (Phi) is 6.18. The molecule has 1 aromatic carbocycles. The number of aryl methyl sites for hydroxylation is 1. The Balaban J connectivity index is 1.08. The summed E-state index contributed by atoms with van der Waals surface area (Å²) in [5.74, 6) is 1.53. The predicted octanol–water partition coefficient (Wildman–Crippen LogP) is 4.91. The van der Waals surface area contributed by atoms with Crippen molar-refractivity contribution in [2.75, 3.05) is 23.3 Å². The highest BCUT2D eigenvalue weighted by atomic mass is 16.6. The number of benzene rings is 1. The molecule has 2 fully saturated rings. The summed E-state index contributed by atoms with van der Waals surface area (Å²) < 4.78 is 7.39. The molecule has 2 unspecified atom stereocenters. The zero-order valence-corrected chi connectivity index (χ0v) is 24.2. The van der Waals surface area contributed by atoms with Crippen LogP contribution < -0.4 is 10.2 Å². The molecule has 5 aromatic rings. The first-order valence-electron chi connectivity index (χ1n) is 14.2. The second-order valence-electron chi connectivity index (χ2n) is 12.1. The van der Waals surface area contributed by atoms with Crippen LogP contribution in [0.4, 0.5) is 22.1 Å². The molecule has 2 aliphatic rings. The highest BCUT2D eigenvalue weighted by Crippen LogP contribution is 2.36. The molecule has 4 aromatic heterocycles. The molecule has 0 spiro atoms. The fourth-order valence-corrected chi connectivity index (χ4v) is 5.97. The van der Waals surface area contributed by atoms with Gasteiger partial charge in [0.25, 0.3) is 0 Å². The first-order chi connectivity index (χ1) is 20.2. The molecular weight excluding hydrogens is 530 g/mol. The molecule has 2 bridgehead atoms. The number of hydrogen-bond donors (Lipinski definition) is 1. The zero-order valence-electron chi connectivity index (χ0n) is 24.2. The topological polar surface area (TPSA) is 114 Å². The van der Waals surface area contributed by atoms with Crippen molar-refractivity contribution in [2.45, 2.75) is 58.2 Å². The van der Waals surface area contributed by atoms with Crippen LogP contribution in [0, 0.1) is 6.92 Å². The Bertz CT molecular complexity index is 1810. The Labute approximate surface area is 243 Å². The average molecular weight is 564 g/mol. The van der Waals surface area contributed by atoms with Gasteiger partial charge in [-0.2, -0.15) is 5.10 Å². The number of fused-ring (bicyclic) bond motifs is 4. The third-order valence-corrected chi connectivity index (χ3v) is 7.98. The monoisotopic (exact) mass is 563 g/mol. The third kappa shape index (κ3) is 4.95. The number of rotatable bonds is 5. The van der Waals surface area contributed by atoms with E-state index in [4.69, 9.17) is 9.72 Å². The molecule has 0 aliphatic carbocycles. The Morgan fingerprint density at radius 1 is 1.02 bits per heavy atom. The second kappa shape index (κ2) is 9.93. The summed E-state index contributed by atoms with van der Waals surface area (Å²) in [6.07, 6.45) is 6.54. The zero-order chi connectivity index (χ0) is 29.0. The van der Waals surface area contributed by atoms with Crippen molar-refractivity contribution in [1.82, 2.24) is 34.4 Å². The number of hydrogen-bond acceptors (Lipinski definition) is 9. The van der Waals surface area contributed by atoms with Crippen LogP contribution in [0.3, 0.4) is 0 Å². The lowest BCUT2D eigenvalue weighted by Gasteiger charge is -2.35. The number of pyridine rings is 2. The lowest BCUT2D eigenvalue weighted by Crippen LogP contribution is -2.50. The average Bonchev–Trinajstić information content (AvgIpc) is 3.70. The molecule has 0 saturated carbocycles.